The topological polar surface area (TPSA) is 119 Å². The minimum absolute atomic E-state index is 0.0287. The van der Waals surface area contributed by atoms with Crippen molar-refractivity contribution in [3.05, 3.63) is 34.4 Å². The van der Waals surface area contributed by atoms with Crippen LogP contribution in [0, 0.1) is 6.92 Å². The van der Waals surface area contributed by atoms with Gasteiger partial charge in [-0.05, 0) is 36.9 Å². The molecule has 0 aliphatic carbocycles. The zero-order chi connectivity index (χ0) is 19.6. The van der Waals surface area contributed by atoms with Crippen molar-refractivity contribution in [1.29, 1.82) is 0 Å². The van der Waals surface area contributed by atoms with E-state index in [1.807, 2.05) is 0 Å². The zero-order valence-corrected chi connectivity index (χ0v) is 14.7. The SMILES string of the molecule is CCOC(=O)c1cc(O)c2c(O)c(C(=O)OC)c(C(=O)OC)c(C)c2c1. The lowest BCUT2D eigenvalue weighted by atomic mass is 9.91. The predicted octanol–water partition coefficient (Wildman–Crippen LogP) is 2.31. The van der Waals surface area contributed by atoms with E-state index in [1.54, 1.807) is 6.92 Å². The van der Waals surface area contributed by atoms with E-state index in [4.69, 9.17) is 9.47 Å². The fraction of sp³-hybridized carbons (Fsp3) is 0.278. The second-order valence-corrected chi connectivity index (χ2v) is 5.35. The van der Waals surface area contributed by atoms with E-state index < -0.39 is 35.0 Å². The van der Waals surface area contributed by atoms with Gasteiger partial charge in [0.05, 0.1) is 37.3 Å². The molecular formula is C18H18O8. The van der Waals surface area contributed by atoms with Crippen molar-refractivity contribution in [2.75, 3.05) is 20.8 Å². The van der Waals surface area contributed by atoms with Gasteiger partial charge in [-0.1, -0.05) is 0 Å². The maximum atomic E-state index is 12.2. The molecule has 26 heavy (non-hydrogen) atoms. The number of methoxy groups -OCH3 is 2. The molecule has 0 radical (unpaired) electrons. The first kappa shape index (κ1) is 19.0. The van der Waals surface area contributed by atoms with Gasteiger partial charge in [-0.2, -0.15) is 0 Å². The molecule has 2 aromatic carbocycles. The smallest absolute Gasteiger partial charge is 0.342 e. The summed E-state index contributed by atoms with van der Waals surface area (Å²) in [6.07, 6.45) is 0. The Bertz CT molecular complexity index is 914. The highest BCUT2D eigenvalue weighted by Crippen LogP contribution is 2.41. The quantitative estimate of drug-likeness (QED) is 0.628. The number of hydrogen-bond acceptors (Lipinski definition) is 8. The molecule has 0 saturated heterocycles. The number of aryl methyl sites for hydroxylation is 1. The number of hydrogen-bond donors (Lipinski definition) is 2. The monoisotopic (exact) mass is 362 g/mol. The Labute approximate surface area is 148 Å². The molecule has 0 aliphatic heterocycles. The van der Waals surface area contributed by atoms with E-state index in [-0.39, 0.29) is 34.1 Å². The van der Waals surface area contributed by atoms with Crippen molar-refractivity contribution in [2.45, 2.75) is 13.8 Å². The fourth-order valence-electron chi connectivity index (χ4n) is 2.73. The summed E-state index contributed by atoms with van der Waals surface area (Å²) < 4.78 is 14.2. The van der Waals surface area contributed by atoms with E-state index in [9.17, 15) is 24.6 Å². The molecule has 0 atom stereocenters. The molecule has 0 bridgehead atoms. The number of phenolic OH excluding ortho intramolecular Hbond substituents is 2. The number of carbonyl (C=O) groups excluding carboxylic acids is 3. The summed E-state index contributed by atoms with van der Waals surface area (Å²) in [7, 11) is 2.21. The lowest BCUT2D eigenvalue weighted by Gasteiger charge is -2.16. The second-order valence-electron chi connectivity index (χ2n) is 5.35. The molecular weight excluding hydrogens is 344 g/mol. The summed E-state index contributed by atoms with van der Waals surface area (Å²) in [6.45, 7) is 3.26. The molecule has 0 fully saturated rings. The lowest BCUT2D eigenvalue weighted by molar-refractivity contribution is 0.0524. The summed E-state index contributed by atoms with van der Waals surface area (Å²) >= 11 is 0. The first-order valence-electron chi connectivity index (χ1n) is 7.64. The molecule has 0 aromatic heterocycles. The average molecular weight is 362 g/mol. The van der Waals surface area contributed by atoms with Crippen molar-refractivity contribution in [3.63, 3.8) is 0 Å². The van der Waals surface area contributed by atoms with Gasteiger partial charge in [0.1, 0.15) is 17.1 Å². The van der Waals surface area contributed by atoms with Crippen LogP contribution in [-0.4, -0.2) is 48.9 Å². The predicted molar refractivity (Wildman–Crippen MR) is 90.7 cm³/mol. The highest BCUT2D eigenvalue weighted by molar-refractivity contribution is 6.14. The molecule has 2 aromatic rings. The normalized spacial score (nSPS) is 10.5. The van der Waals surface area contributed by atoms with Crippen LogP contribution in [0.3, 0.4) is 0 Å². The third kappa shape index (κ3) is 3.01. The Morgan fingerprint density at radius 1 is 0.962 bits per heavy atom. The largest absolute Gasteiger partial charge is 0.507 e. The van der Waals surface area contributed by atoms with E-state index in [0.717, 1.165) is 20.3 Å². The van der Waals surface area contributed by atoms with Crippen LogP contribution in [-0.2, 0) is 14.2 Å². The summed E-state index contributed by atoms with van der Waals surface area (Å²) in [6, 6.07) is 2.47. The minimum atomic E-state index is -0.971. The molecule has 8 nitrogen and oxygen atoms in total. The standard InChI is InChI=1S/C18H18O8/c1-5-26-16(21)9-6-10-8(2)12(17(22)24-3)14(18(23)25-4)15(20)13(10)11(19)7-9/h6-7,19-20H,5H2,1-4H3. The van der Waals surface area contributed by atoms with Crippen molar-refractivity contribution < 1.29 is 38.8 Å². The van der Waals surface area contributed by atoms with E-state index in [2.05, 4.69) is 4.74 Å². The minimum Gasteiger partial charge on any atom is -0.507 e. The number of benzene rings is 2. The number of carbonyl (C=O) groups is 3. The van der Waals surface area contributed by atoms with Crippen LogP contribution in [0.15, 0.2) is 12.1 Å². The molecule has 2 rings (SSSR count). The van der Waals surface area contributed by atoms with Crippen molar-refractivity contribution >= 4 is 28.7 Å². The van der Waals surface area contributed by atoms with Gasteiger partial charge in [0.15, 0.2) is 0 Å². The highest BCUT2D eigenvalue weighted by atomic mass is 16.5. The summed E-state index contributed by atoms with van der Waals surface area (Å²) in [5, 5.41) is 20.9. The zero-order valence-electron chi connectivity index (χ0n) is 14.7. The van der Waals surface area contributed by atoms with Crippen LogP contribution in [0.5, 0.6) is 11.5 Å². The molecule has 0 heterocycles. The van der Waals surface area contributed by atoms with Crippen LogP contribution < -0.4 is 0 Å². The van der Waals surface area contributed by atoms with Crippen molar-refractivity contribution in [3.8, 4) is 11.5 Å². The highest BCUT2D eigenvalue weighted by Gasteiger charge is 2.29. The molecule has 8 heteroatoms. The Kier molecular flexibility index (Phi) is 5.35. The number of fused-ring (bicyclic) bond motifs is 1. The third-order valence-electron chi connectivity index (χ3n) is 3.91. The van der Waals surface area contributed by atoms with Crippen LogP contribution >= 0.6 is 0 Å². The maximum absolute atomic E-state index is 12.2. The molecule has 0 spiro atoms. The fourth-order valence-corrected chi connectivity index (χ4v) is 2.73. The van der Waals surface area contributed by atoms with Gasteiger partial charge in [0, 0.05) is 0 Å². The van der Waals surface area contributed by atoms with Gasteiger partial charge in [-0.3, -0.25) is 0 Å². The van der Waals surface area contributed by atoms with Crippen LogP contribution in [0.1, 0.15) is 43.6 Å². The number of rotatable bonds is 4. The van der Waals surface area contributed by atoms with E-state index >= 15 is 0 Å². The number of esters is 3. The maximum Gasteiger partial charge on any atom is 0.342 e. The first-order chi connectivity index (χ1) is 12.3. The molecule has 0 aliphatic rings. The number of ether oxygens (including phenoxy) is 3. The average Bonchev–Trinajstić information content (AvgIpc) is 2.62. The molecule has 0 unspecified atom stereocenters. The van der Waals surface area contributed by atoms with Crippen LogP contribution in [0.4, 0.5) is 0 Å². The Morgan fingerprint density at radius 2 is 1.54 bits per heavy atom. The summed E-state index contributed by atoms with van der Waals surface area (Å²) in [4.78, 5) is 36.3. The van der Waals surface area contributed by atoms with Gasteiger partial charge in [-0.25, -0.2) is 14.4 Å². The number of phenols is 2. The van der Waals surface area contributed by atoms with Crippen LogP contribution in [0.25, 0.3) is 10.8 Å². The van der Waals surface area contributed by atoms with Gasteiger partial charge in [-0.15, -0.1) is 0 Å². The van der Waals surface area contributed by atoms with E-state index in [0.29, 0.717) is 0 Å². The molecule has 0 amide bonds. The second kappa shape index (κ2) is 7.30. The molecule has 2 N–H and O–H groups in total. The van der Waals surface area contributed by atoms with Gasteiger partial charge in [0.2, 0.25) is 0 Å². The summed E-state index contributed by atoms with van der Waals surface area (Å²) in [5.74, 6) is -3.62. The van der Waals surface area contributed by atoms with E-state index in [1.165, 1.54) is 13.0 Å². The Hall–Kier alpha value is -3.29. The Morgan fingerprint density at radius 3 is 2.08 bits per heavy atom. The summed E-state index contributed by atoms with van der Waals surface area (Å²) in [5.41, 5.74) is -0.388. The molecule has 138 valence electrons. The number of aromatic hydroxyl groups is 2. The van der Waals surface area contributed by atoms with Crippen molar-refractivity contribution in [2.24, 2.45) is 0 Å². The third-order valence-corrected chi connectivity index (χ3v) is 3.91. The van der Waals surface area contributed by atoms with Crippen molar-refractivity contribution in [1.82, 2.24) is 0 Å². The molecule has 0 saturated carbocycles. The van der Waals surface area contributed by atoms with Gasteiger partial charge >= 0.3 is 17.9 Å². The van der Waals surface area contributed by atoms with Crippen LogP contribution in [0.2, 0.25) is 0 Å². The Balaban J connectivity index is 2.96. The van der Waals surface area contributed by atoms with Gasteiger partial charge in [0.25, 0.3) is 0 Å². The van der Waals surface area contributed by atoms with Gasteiger partial charge < -0.3 is 24.4 Å². The lowest BCUT2D eigenvalue weighted by Crippen LogP contribution is -2.15. The first-order valence-corrected chi connectivity index (χ1v) is 7.64.